The van der Waals surface area contributed by atoms with Crippen LogP contribution in [-0.4, -0.2) is 18.9 Å². The number of halogens is 2. The van der Waals surface area contributed by atoms with Crippen LogP contribution in [0.2, 0.25) is 0 Å². The van der Waals surface area contributed by atoms with E-state index in [1.54, 1.807) is 30.3 Å². The maximum atomic E-state index is 14.5. The number of hydrogen-bond donors (Lipinski definition) is 1. The Labute approximate surface area is 183 Å². The first-order valence-corrected chi connectivity index (χ1v) is 9.87. The van der Waals surface area contributed by atoms with Crippen LogP contribution < -0.4 is 15.0 Å². The molecule has 32 heavy (non-hydrogen) atoms. The Morgan fingerprint density at radius 2 is 1.69 bits per heavy atom. The lowest BCUT2D eigenvalue weighted by atomic mass is 9.97. The quantitative estimate of drug-likeness (QED) is 0.575. The van der Waals surface area contributed by atoms with Crippen molar-refractivity contribution in [2.24, 2.45) is 0 Å². The third-order valence-corrected chi connectivity index (χ3v) is 5.22. The van der Waals surface area contributed by atoms with Crippen LogP contribution in [0, 0.1) is 25.5 Å². The summed E-state index contributed by atoms with van der Waals surface area (Å²) < 4.78 is 33.2. The Balaban J connectivity index is 1.87. The van der Waals surface area contributed by atoms with Crippen molar-refractivity contribution in [3.63, 3.8) is 0 Å². The summed E-state index contributed by atoms with van der Waals surface area (Å²) in [6.45, 7) is 3.75. The molecule has 0 fully saturated rings. The van der Waals surface area contributed by atoms with E-state index in [1.165, 1.54) is 7.11 Å². The van der Waals surface area contributed by atoms with Crippen LogP contribution in [0.15, 0.2) is 66.4 Å². The number of imide groups is 1. The number of rotatable bonds is 5. The van der Waals surface area contributed by atoms with E-state index in [2.05, 4.69) is 5.32 Å². The van der Waals surface area contributed by atoms with Crippen molar-refractivity contribution in [1.82, 2.24) is 0 Å². The molecule has 0 unspecified atom stereocenters. The Morgan fingerprint density at radius 1 is 0.906 bits per heavy atom. The second-order valence-corrected chi connectivity index (χ2v) is 7.47. The number of carbonyl (C=O) groups is 2. The number of carbonyl (C=O) groups excluding carboxylic acids is 2. The molecule has 0 radical (unpaired) electrons. The van der Waals surface area contributed by atoms with E-state index in [0.717, 1.165) is 28.2 Å². The highest BCUT2D eigenvalue weighted by Crippen LogP contribution is 2.36. The zero-order valence-electron chi connectivity index (χ0n) is 17.7. The average Bonchev–Trinajstić information content (AvgIpc) is 2.98. The number of nitrogens with one attached hydrogen (secondary N) is 1. The summed E-state index contributed by atoms with van der Waals surface area (Å²) in [5, 5.41) is 3.01. The standard InChI is InChI=1S/C25H20F2N2O3/c1-14-7-9-19(15(2)11-14)22-23(28-17-5-4-6-18(13-17)32-3)25(31)29(24(22)30)21-10-8-16(26)12-20(21)27/h4-13,28H,1-3H3. The first kappa shape index (κ1) is 21.2. The molecule has 1 heterocycles. The molecule has 0 bridgehead atoms. The van der Waals surface area contributed by atoms with Gasteiger partial charge >= 0.3 is 0 Å². The number of amides is 2. The van der Waals surface area contributed by atoms with Crippen molar-refractivity contribution in [3.05, 3.63) is 94.7 Å². The van der Waals surface area contributed by atoms with Gasteiger partial charge in [0.2, 0.25) is 0 Å². The predicted octanol–water partition coefficient (Wildman–Crippen LogP) is 4.99. The van der Waals surface area contributed by atoms with Gasteiger partial charge in [-0.05, 0) is 49.2 Å². The molecule has 0 saturated carbocycles. The van der Waals surface area contributed by atoms with Crippen LogP contribution in [0.4, 0.5) is 20.2 Å². The van der Waals surface area contributed by atoms with E-state index in [9.17, 15) is 18.4 Å². The summed E-state index contributed by atoms with van der Waals surface area (Å²) in [6, 6.07) is 15.1. The Bertz CT molecular complexity index is 1280. The lowest BCUT2D eigenvalue weighted by molar-refractivity contribution is -0.120. The number of methoxy groups -OCH3 is 1. The molecule has 0 spiro atoms. The van der Waals surface area contributed by atoms with E-state index >= 15 is 0 Å². The predicted molar refractivity (Wildman–Crippen MR) is 118 cm³/mol. The van der Waals surface area contributed by atoms with E-state index in [4.69, 9.17) is 4.74 Å². The maximum Gasteiger partial charge on any atom is 0.282 e. The normalized spacial score (nSPS) is 13.7. The third-order valence-electron chi connectivity index (χ3n) is 5.22. The lowest BCUT2D eigenvalue weighted by Gasteiger charge is -2.16. The number of ether oxygens (including phenoxy) is 1. The van der Waals surface area contributed by atoms with Crippen molar-refractivity contribution >= 4 is 28.8 Å². The highest BCUT2D eigenvalue weighted by Gasteiger charge is 2.41. The van der Waals surface area contributed by atoms with Gasteiger partial charge < -0.3 is 10.1 Å². The number of hydrogen-bond acceptors (Lipinski definition) is 4. The van der Waals surface area contributed by atoms with Gasteiger partial charge in [0.15, 0.2) is 0 Å². The first-order chi connectivity index (χ1) is 15.3. The van der Waals surface area contributed by atoms with Crippen LogP contribution >= 0.6 is 0 Å². The topological polar surface area (TPSA) is 58.6 Å². The molecule has 0 saturated heterocycles. The monoisotopic (exact) mass is 434 g/mol. The van der Waals surface area contributed by atoms with Crippen molar-refractivity contribution in [3.8, 4) is 5.75 Å². The van der Waals surface area contributed by atoms with Crippen molar-refractivity contribution < 1.29 is 23.1 Å². The molecule has 0 atom stereocenters. The van der Waals surface area contributed by atoms with Crippen LogP contribution in [0.25, 0.3) is 5.57 Å². The fourth-order valence-electron chi connectivity index (χ4n) is 3.72. The van der Waals surface area contributed by atoms with Crippen LogP contribution in [-0.2, 0) is 9.59 Å². The van der Waals surface area contributed by atoms with E-state index < -0.39 is 23.4 Å². The van der Waals surface area contributed by atoms with Gasteiger partial charge in [0.25, 0.3) is 11.8 Å². The SMILES string of the molecule is COc1cccc(NC2=C(c3ccc(C)cc3C)C(=O)N(c3ccc(F)cc3F)C2=O)c1. The Kier molecular flexibility index (Phi) is 5.48. The Hall–Kier alpha value is -4.00. The molecule has 162 valence electrons. The summed E-state index contributed by atoms with van der Waals surface area (Å²) in [4.78, 5) is 27.5. The van der Waals surface area contributed by atoms with Gasteiger partial charge in [0.05, 0.1) is 18.4 Å². The molecule has 0 aliphatic carbocycles. The molecule has 7 heteroatoms. The van der Waals surface area contributed by atoms with Crippen molar-refractivity contribution in [2.75, 3.05) is 17.3 Å². The van der Waals surface area contributed by atoms with Gasteiger partial charge in [-0.15, -0.1) is 0 Å². The number of anilines is 2. The van der Waals surface area contributed by atoms with Gasteiger partial charge in [-0.2, -0.15) is 0 Å². The third kappa shape index (κ3) is 3.73. The fraction of sp³-hybridized carbons (Fsp3) is 0.120. The summed E-state index contributed by atoms with van der Waals surface area (Å²) in [7, 11) is 1.52. The number of nitrogens with zero attached hydrogens (tertiary/aromatic N) is 1. The molecule has 3 aromatic rings. The molecule has 4 rings (SSSR count). The maximum absolute atomic E-state index is 14.5. The fourth-order valence-corrected chi connectivity index (χ4v) is 3.72. The largest absolute Gasteiger partial charge is 0.497 e. The van der Waals surface area contributed by atoms with Crippen LogP contribution in [0.1, 0.15) is 16.7 Å². The molecule has 2 amide bonds. The molecule has 1 aliphatic heterocycles. The second-order valence-electron chi connectivity index (χ2n) is 7.47. The van der Waals surface area contributed by atoms with Crippen molar-refractivity contribution in [2.45, 2.75) is 13.8 Å². The molecular formula is C25H20F2N2O3. The highest BCUT2D eigenvalue weighted by atomic mass is 19.1. The highest BCUT2D eigenvalue weighted by molar-refractivity contribution is 6.46. The van der Waals surface area contributed by atoms with E-state index in [-0.39, 0.29) is 17.0 Å². The zero-order chi connectivity index (χ0) is 23.0. The van der Waals surface area contributed by atoms with E-state index in [1.807, 2.05) is 26.0 Å². The lowest BCUT2D eigenvalue weighted by Crippen LogP contribution is -2.33. The summed E-state index contributed by atoms with van der Waals surface area (Å²) in [6.07, 6.45) is 0. The minimum Gasteiger partial charge on any atom is -0.497 e. The molecule has 3 aromatic carbocycles. The summed E-state index contributed by atoms with van der Waals surface area (Å²) >= 11 is 0. The van der Waals surface area contributed by atoms with Gasteiger partial charge in [-0.1, -0.05) is 29.8 Å². The van der Waals surface area contributed by atoms with Crippen molar-refractivity contribution in [1.29, 1.82) is 0 Å². The first-order valence-electron chi connectivity index (χ1n) is 9.87. The molecule has 5 nitrogen and oxygen atoms in total. The minimum atomic E-state index is -1.01. The smallest absolute Gasteiger partial charge is 0.282 e. The van der Waals surface area contributed by atoms with E-state index in [0.29, 0.717) is 23.1 Å². The van der Waals surface area contributed by atoms with Crippen LogP contribution in [0.5, 0.6) is 5.75 Å². The van der Waals surface area contributed by atoms with Gasteiger partial charge in [0, 0.05) is 17.8 Å². The minimum absolute atomic E-state index is 0.000990. The summed E-state index contributed by atoms with van der Waals surface area (Å²) in [5.41, 5.74) is 2.64. The number of benzene rings is 3. The molecule has 1 aliphatic rings. The zero-order valence-corrected chi connectivity index (χ0v) is 17.7. The molecule has 1 N–H and O–H groups in total. The Morgan fingerprint density at radius 3 is 2.38 bits per heavy atom. The number of aryl methyl sites for hydroxylation is 2. The second kappa shape index (κ2) is 8.26. The van der Waals surface area contributed by atoms with Gasteiger partial charge in [-0.3, -0.25) is 9.59 Å². The van der Waals surface area contributed by atoms with Gasteiger partial charge in [-0.25, -0.2) is 13.7 Å². The molecule has 0 aromatic heterocycles. The molecular weight excluding hydrogens is 414 g/mol. The average molecular weight is 434 g/mol. The van der Waals surface area contributed by atoms with Gasteiger partial charge in [0.1, 0.15) is 23.1 Å². The summed E-state index contributed by atoms with van der Waals surface area (Å²) in [5.74, 6) is -2.69. The van der Waals surface area contributed by atoms with Crippen LogP contribution in [0.3, 0.4) is 0 Å².